The third kappa shape index (κ3) is 4.00. The molecule has 15 heavy (non-hydrogen) atoms. The third-order valence-electron chi connectivity index (χ3n) is 1.73. The van der Waals surface area contributed by atoms with Gasteiger partial charge in [-0.15, -0.1) is 0 Å². The highest BCUT2D eigenvalue weighted by Gasteiger charge is 2.22. The lowest BCUT2D eigenvalue weighted by molar-refractivity contribution is -0.0242. The van der Waals surface area contributed by atoms with E-state index in [0.29, 0.717) is 0 Å². The van der Waals surface area contributed by atoms with Gasteiger partial charge in [-0.1, -0.05) is 18.5 Å². The Morgan fingerprint density at radius 3 is 2.67 bits per heavy atom. The summed E-state index contributed by atoms with van der Waals surface area (Å²) in [5.41, 5.74) is 0.940. The summed E-state index contributed by atoms with van der Waals surface area (Å²) < 4.78 is 29.8. The summed E-state index contributed by atoms with van der Waals surface area (Å²) in [6, 6.07) is 1.66. The van der Waals surface area contributed by atoms with Gasteiger partial charge in [-0.25, -0.2) is 13.8 Å². The van der Waals surface area contributed by atoms with Crippen molar-refractivity contribution in [3.63, 3.8) is 0 Å². The normalized spacial score (nSPS) is 11.5. The molecule has 1 heterocycles. The molecule has 1 aromatic rings. The maximum atomic E-state index is 12.5. The largest absolute Gasteiger partial charge is 0.470 e. The van der Waals surface area contributed by atoms with Crippen LogP contribution >= 0.6 is 11.6 Å². The maximum Gasteiger partial charge on any atom is 0.278 e. The van der Waals surface area contributed by atoms with E-state index in [1.807, 2.05) is 6.92 Å². The Bertz CT molecular complexity index is 339. The standard InChI is InChI=1S/C10H12ClF2NO/c1-3-7-4-8(11)9(14-5-7)15-6-10(2,12)13/h4-5H,3,6H2,1-2H3. The molecular weight excluding hydrogens is 224 g/mol. The number of pyridine rings is 1. The molecule has 0 atom stereocenters. The smallest absolute Gasteiger partial charge is 0.278 e. The van der Waals surface area contributed by atoms with Gasteiger partial charge in [0.2, 0.25) is 5.88 Å². The lowest BCUT2D eigenvalue weighted by Gasteiger charge is -2.12. The number of alkyl halides is 2. The van der Waals surface area contributed by atoms with E-state index < -0.39 is 12.5 Å². The summed E-state index contributed by atoms with van der Waals surface area (Å²) in [4.78, 5) is 3.86. The maximum absolute atomic E-state index is 12.5. The Hall–Kier alpha value is -0.900. The van der Waals surface area contributed by atoms with Gasteiger partial charge in [0.05, 0.1) is 0 Å². The quantitative estimate of drug-likeness (QED) is 0.799. The molecule has 0 N–H and O–H groups in total. The van der Waals surface area contributed by atoms with Crippen molar-refractivity contribution < 1.29 is 13.5 Å². The van der Waals surface area contributed by atoms with Gasteiger partial charge >= 0.3 is 0 Å². The number of rotatable bonds is 4. The van der Waals surface area contributed by atoms with Crippen LogP contribution in [0.4, 0.5) is 8.78 Å². The summed E-state index contributed by atoms with van der Waals surface area (Å²) in [5, 5.41) is 0.263. The van der Waals surface area contributed by atoms with Gasteiger partial charge in [0.25, 0.3) is 5.92 Å². The highest BCUT2D eigenvalue weighted by Crippen LogP contribution is 2.24. The Kier molecular flexibility index (Phi) is 3.85. The molecule has 1 aromatic heterocycles. The van der Waals surface area contributed by atoms with E-state index in [-0.39, 0.29) is 10.9 Å². The zero-order valence-electron chi connectivity index (χ0n) is 8.56. The molecule has 0 unspecified atom stereocenters. The van der Waals surface area contributed by atoms with Crippen LogP contribution in [-0.2, 0) is 6.42 Å². The van der Waals surface area contributed by atoms with Crippen molar-refractivity contribution in [1.82, 2.24) is 4.98 Å². The van der Waals surface area contributed by atoms with E-state index >= 15 is 0 Å². The van der Waals surface area contributed by atoms with Crippen molar-refractivity contribution in [2.75, 3.05) is 6.61 Å². The van der Waals surface area contributed by atoms with Gasteiger partial charge in [0, 0.05) is 13.1 Å². The van der Waals surface area contributed by atoms with Crippen LogP contribution in [0.3, 0.4) is 0 Å². The zero-order valence-corrected chi connectivity index (χ0v) is 9.31. The van der Waals surface area contributed by atoms with Gasteiger partial charge in [0.1, 0.15) is 5.02 Å². The Morgan fingerprint density at radius 2 is 2.20 bits per heavy atom. The molecule has 0 aliphatic rings. The van der Waals surface area contributed by atoms with Crippen molar-refractivity contribution in [1.29, 1.82) is 0 Å². The molecule has 5 heteroatoms. The molecule has 0 aromatic carbocycles. The van der Waals surface area contributed by atoms with E-state index in [0.717, 1.165) is 18.9 Å². The highest BCUT2D eigenvalue weighted by molar-refractivity contribution is 6.31. The van der Waals surface area contributed by atoms with Crippen LogP contribution in [0.2, 0.25) is 5.02 Å². The monoisotopic (exact) mass is 235 g/mol. The van der Waals surface area contributed by atoms with Crippen molar-refractivity contribution in [2.45, 2.75) is 26.2 Å². The number of hydrogen-bond acceptors (Lipinski definition) is 2. The fourth-order valence-electron chi connectivity index (χ4n) is 0.960. The predicted molar refractivity (Wildman–Crippen MR) is 54.7 cm³/mol. The van der Waals surface area contributed by atoms with E-state index in [1.54, 1.807) is 12.3 Å². The molecule has 0 spiro atoms. The topological polar surface area (TPSA) is 22.1 Å². The van der Waals surface area contributed by atoms with Crippen LogP contribution in [0.1, 0.15) is 19.4 Å². The fraction of sp³-hybridized carbons (Fsp3) is 0.500. The molecule has 0 fully saturated rings. The number of nitrogens with zero attached hydrogens (tertiary/aromatic N) is 1. The molecular formula is C10H12ClF2NO. The minimum atomic E-state index is -2.88. The first-order valence-corrected chi connectivity index (χ1v) is 4.95. The van der Waals surface area contributed by atoms with E-state index in [2.05, 4.69) is 4.98 Å². The molecule has 0 saturated carbocycles. The fourth-order valence-corrected chi connectivity index (χ4v) is 1.20. The van der Waals surface area contributed by atoms with E-state index in [1.165, 1.54) is 0 Å². The third-order valence-corrected chi connectivity index (χ3v) is 2.01. The second-order valence-corrected chi connectivity index (χ2v) is 3.75. The first kappa shape index (κ1) is 12.2. The van der Waals surface area contributed by atoms with Gasteiger partial charge in [0.15, 0.2) is 6.61 Å². The first-order valence-electron chi connectivity index (χ1n) is 4.57. The molecule has 0 bridgehead atoms. The summed E-state index contributed by atoms with van der Waals surface area (Å²) in [5.74, 6) is -2.83. The minimum absolute atomic E-state index is 0.0513. The lowest BCUT2D eigenvalue weighted by atomic mass is 10.2. The average Bonchev–Trinajstić information content (AvgIpc) is 2.14. The number of aryl methyl sites for hydroxylation is 1. The van der Waals surface area contributed by atoms with Gasteiger partial charge in [-0.2, -0.15) is 0 Å². The minimum Gasteiger partial charge on any atom is -0.470 e. The molecule has 1 rings (SSSR count). The summed E-state index contributed by atoms with van der Waals surface area (Å²) in [6.07, 6.45) is 2.35. The van der Waals surface area contributed by atoms with Crippen LogP contribution in [0.25, 0.3) is 0 Å². The number of halogens is 3. The summed E-state index contributed by atoms with van der Waals surface area (Å²) in [6.45, 7) is 2.01. The number of ether oxygens (including phenoxy) is 1. The SMILES string of the molecule is CCc1cnc(OCC(C)(F)F)c(Cl)c1. The van der Waals surface area contributed by atoms with Crippen LogP contribution in [0.5, 0.6) is 5.88 Å². The van der Waals surface area contributed by atoms with Crippen LogP contribution in [0, 0.1) is 0 Å². The average molecular weight is 236 g/mol. The molecule has 2 nitrogen and oxygen atoms in total. The Morgan fingerprint density at radius 1 is 1.53 bits per heavy atom. The Balaban J connectivity index is 2.70. The highest BCUT2D eigenvalue weighted by atomic mass is 35.5. The predicted octanol–water partition coefficient (Wildman–Crippen LogP) is 3.33. The molecule has 0 saturated heterocycles. The van der Waals surface area contributed by atoms with E-state index in [9.17, 15) is 8.78 Å². The van der Waals surface area contributed by atoms with Crippen molar-refractivity contribution in [3.05, 3.63) is 22.8 Å². The van der Waals surface area contributed by atoms with Crippen LogP contribution in [-0.4, -0.2) is 17.5 Å². The molecule has 0 aliphatic heterocycles. The van der Waals surface area contributed by atoms with Gasteiger partial charge in [-0.05, 0) is 18.1 Å². The molecule has 84 valence electrons. The summed E-state index contributed by atoms with van der Waals surface area (Å²) >= 11 is 5.80. The van der Waals surface area contributed by atoms with Crippen molar-refractivity contribution >= 4 is 11.6 Å². The number of hydrogen-bond donors (Lipinski definition) is 0. The molecule has 0 radical (unpaired) electrons. The van der Waals surface area contributed by atoms with Crippen LogP contribution < -0.4 is 4.74 Å². The van der Waals surface area contributed by atoms with Crippen LogP contribution in [0.15, 0.2) is 12.3 Å². The van der Waals surface area contributed by atoms with Crippen molar-refractivity contribution in [2.24, 2.45) is 0 Å². The second kappa shape index (κ2) is 4.75. The molecule has 0 amide bonds. The zero-order chi connectivity index (χ0) is 11.5. The van der Waals surface area contributed by atoms with Crippen molar-refractivity contribution in [3.8, 4) is 5.88 Å². The molecule has 0 aliphatic carbocycles. The first-order chi connectivity index (χ1) is 6.92. The van der Waals surface area contributed by atoms with E-state index in [4.69, 9.17) is 16.3 Å². The number of aromatic nitrogens is 1. The van der Waals surface area contributed by atoms with Gasteiger partial charge in [-0.3, -0.25) is 0 Å². The summed E-state index contributed by atoms with van der Waals surface area (Å²) in [7, 11) is 0. The second-order valence-electron chi connectivity index (χ2n) is 3.34. The lowest BCUT2D eigenvalue weighted by Crippen LogP contribution is -2.21. The van der Waals surface area contributed by atoms with Gasteiger partial charge < -0.3 is 4.74 Å². The Labute approximate surface area is 92.2 Å².